The molecule has 14 atom stereocenters. The summed E-state index contributed by atoms with van der Waals surface area (Å²) < 4.78 is 0. The fraction of sp³-hybridized carbons (Fsp3) is 0.478. The molecular formula is C92H128N28O24S4. The molecule has 0 radical (unpaired) electrons. The maximum absolute atomic E-state index is 15.3. The van der Waals surface area contributed by atoms with E-state index in [1.165, 1.54) is 48.5 Å². The lowest BCUT2D eigenvalue weighted by Gasteiger charge is -2.31. The molecule has 0 aliphatic carbocycles. The molecule has 56 heteroatoms. The number of aromatic hydroxyl groups is 2. The van der Waals surface area contributed by atoms with Gasteiger partial charge in [0, 0.05) is 101 Å². The van der Waals surface area contributed by atoms with E-state index in [9.17, 15) is 77.3 Å². The van der Waals surface area contributed by atoms with Gasteiger partial charge in [-0.25, -0.2) is 0 Å². The largest absolute Gasteiger partial charge is 0.508 e. The monoisotopic (exact) mass is 2140 g/mol. The third-order valence-corrected chi connectivity index (χ3v) is 27.9. The Labute approximate surface area is 865 Å². The molecule has 22 amide bonds. The van der Waals surface area contributed by atoms with Gasteiger partial charge < -0.3 is 151 Å². The Morgan fingerprint density at radius 1 is 0.365 bits per heavy atom. The van der Waals surface area contributed by atoms with E-state index in [0.29, 0.717) is 22.3 Å². The third kappa shape index (κ3) is 42.8. The molecule has 0 saturated carbocycles. The van der Waals surface area contributed by atoms with E-state index < -0.39 is 302 Å². The summed E-state index contributed by atoms with van der Waals surface area (Å²) in [5.41, 5.74) is 45.8. The summed E-state index contributed by atoms with van der Waals surface area (Å²) in [5, 5.41) is 76.2. The van der Waals surface area contributed by atoms with Gasteiger partial charge >= 0.3 is 0 Å². The number of carbonyl (C=O) groups excluding carboxylic acids is 22. The van der Waals surface area contributed by atoms with Crippen LogP contribution in [-0.2, 0) is 131 Å². The molecule has 3 heterocycles. The molecule has 7 rings (SSSR count). The predicted octanol–water partition coefficient (Wildman–Crippen LogP) is -8.26. The van der Waals surface area contributed by atoms with Crippen LogP contribution in [-0.4, -0.2) is 309 Å². The van der Waals surface area contributed by atoms with Gasteiger partial charge in [0.2, 0.25) is 130 Å². The van der Waals surface area contributed by atoms with Gasteiger partial charge in [-0.2, -0.15) is 0 Å². The van der Waals surface area contributed by atoms with Gasteiger partial charge in [0.15, 0.2) is 11.9 Å². The summed E-state index contributed by atoms with van der Waals surface area (Å²) in [4.78, 5) is 314. The minimum absolute atomic E-state index is 0.0382. The van der Waals surface area contributed by atoms with Crippen molar-refractivity contribution in [2.75, 3.05) is 62.3 Å². The van der Waals surface area contributed by atoms with Crippen molar-refractivity contribution in [3.8, 4) is 11.5 Å². The van der Waals surface area contributed by atoms with E-state index in [1.807, 2.05) is 0 Å². The Hall–Kier alpha value is -15.2. The van der Waals surface area contributed by atoms with E-state index in [1.54, 1.807) is 60.7 Å². The molecule has 52 nitrogen and oxygen atoms in total. The zero-order valence-corrected chi connectivity index (χ0v) is 84.0. The van der Waals surface area contributed by atoms with Crippen molar-refractivity contribution >= 4 is 185 Å². The Morgan fingerprint density at radius 2 is 0.669 bits per heavy atom. The standard InChI is InChI=1S/C92H128N28O24S4/c93-69(123)29-27-57-79(133)115-63(43-71(95)125)85(139)117-65(89(143)119-35-9-17-67(119)87(141)111-55(15-7-33-103-91(99)100)77(131)105-45-73(97)127)47-148-146-38-32-76(130)108-60(42-52-21-25-54(122)26-22-52)82(136)114-62(40-50-13-5-2-6-14-50)84(138)110-58(28-30-70(94)124)80(134)116-64(44-72(96)126)86(140)118-66(90(144)120-36-10-18-68(120)88(142)112-56(16-8-34-104-92(101)102)78(132)106-46-74(98)128)48-147-145-37-31-75(129)107-59(41-51-19-23-53(121)24-20-51)81(135)113-61(83(137)109-57)39-49-11-3-1-4-12-49/h1-6,11-14,19-26,55-68,121-122H,7-10,15-18,27-48H2,(H2,93,123)(H2,94,124)(H2,95,125)(H2,96,126)(H2,97,127)(H2,98,128)(H,105,131)(H,106,132)(H,107,129)(H,108,130)(H,109,137)(H,110,138)(H,111,141)(H,112,142)(H,113,135)(H,114,136)(H,115,133)(H,116,134)(H,117,139)(H,118,140)(H4,99,100,103)(H4,101,102,104)/t55-,56-,57+,58+,59+,60+,61+,62+,63+,64+,65-,66+,67+,68+/m1/s1. The Kier molecular flexibility index (Phi) is 50.1. The first-order chi connectivity index (χ1) is 70.4. The first-order valence-electron chi connectivity index (χ1n) is 47.2. The molecule has 0 bridgehead atoms. The van der Waals surface area contributed by atoms with E-state index in [4.69, 9.17) is 56.7 Å². The predicted molar refractivity (Wildman–Crippen MR) is 543 cm³/mol. The highest BCUT2D eigenvalue weighted by atomic mass is 33.1. The molecule has 4 aromatic carbocycles. The van der Waals surface area contributed by atoms with Crippen LogP contribution < -0.4 is 131 Å². The van der Waals surface area contributed by atoms with Crippen LogP contribution in [0.1, 0.15) is 125 Å². The van der Waals surface area contributed by atoms with Crippen molar-refractivity contribution in [3.05, 3.63) is 131 Å². The second-order valence-electron chi connectivity index (χ2n) is 34.7. The molecular weight excluding hydrogens is 2010 g/mol. The Morgan fingerprint density at radius 3 is 0.986 bits per heavy atom. The van der Waals surface area contributed by atoms with Crippen LogP contribution in [0.25, 0.3) is 0 Å². The topological polar surface area (TPSA) is 871 Å². The van der Waals surface area contributed by atoms with Crippen molar-refractivity contribution in [2.24, 2.45) is 45.9 Å². The zero-order chi connectivity index (χ0) is 109. The van der Waals surface area contributed by atoms with Crippen molar-refractivity contribution < 1.29 is 116 Å². The second kappa shape index (κ2) is 61.9. The molecule has 0 spiro atoms. The summed E-state index contributed by atoms with van der Waals surface area (Å²) in [5.74, 6) is -25.4. The number of hydrogen-bond donors (Lipinski definition) is 28. The lowest BCUT2D eigenvalue weighted by molar-refractivity contribution is -0.142. The van der Waals surface area contributed by atoms with E-state index in [0.717, 1.165) is 53.0 Å². The van der Waals surface area contributed by atoms with E-state index in [-0.39, 0.29) is 126 Å². The summed E-state index contributed by atoms with van der Waals surface area (Å²) in [6.45, 7) is -1.51. The molecule has 3 saturated heterocycles. The van der Waals surface area contributed by atoms with Crippen LogP contribution in [0.3, 0.4) is 0 Å². The van der Waals surface area contributed by atoms with Gasteiger partial charge in [0.25, 0.3) is 0 Å². The highest BCUT2D eigenvalue weighted by Crippen LogP contribution is 2.29. The van der Waals surface area contributed by atoms with Crippen LogP contribution in [0.15, 0.2) is 109 Å². The Balaban J connectivity index is 1.31. The maximum atomic E-state index is 15.3. The number of likely N-dealkylation sites (tertiary alicyclic amines) is 2. The van der Waals surface area contributed by atoms with Gasteiger partial charge in [0.05, 0.1) is 25.9 Å². The molecule has 3 aliphatic rings. The summed E-state index contributed by atoms with van der Waals surface area (Å²) in [7, 11) is 3.57. The molecule has 0 aromatic heterocycles. The number of nitrogens with one attached hydrogen (secondary N) is 18. The van der Waals surface area contributed by atoms with Crippen molar-refractivity contribution in [1.82, 2.24) is 94.9 Å². The number of nitrogens with zero attached hydrogens (tertiary/aromatic N) is 2. The summed E-state index contributed by atoms with van der Waals surface area (Å²) >= 11 is 0. The number of phenolic OH excluding ortho intramolecular Hbond substituents is 2. The first kappa shape index (κ1) is 120. The van der Waals surface area contributed by atoms with E-state index in [2.05, 4.69) is 85.1 Å². The highest BCUT2D eigenvalue weighted by molar-refractivity contribution is 8.77. The first-order valence-corrected chi connectivity index (χ1v) is 52.1. The van der Waals surface area contributed by atoms with Gasteiger partial charge in [0.1, 0.15) is 96.1 Å². The summed E-state index contributed by atoms with van der Waals surface area (Å²) in [6, 6.07) is 3.26. The lowest BCUT2D eigenvalue weighted by atomic mass is 10.0. The number of guanidine groups is 2. The number of carbonyl (C=O) groups is 22. The number of hydrogen-bond acceptors (Lipinski definition) is 30. The SMILES string of the molecule is N=C(N)NCCC[C@@H](NC(=O)[C@@H]1CCCN1C(=O)[C@@H]1CSSCCC(=O)N[C@@H](Cc2ccc(O)cc2)C(=O)N[C@@H](Cc2ccccc2)C(=O)N[C@@H](CCC(N)=O)C(=O)N[C@@H](CC(N)=O)C(=O)N[C@@H](C(=O)N2CCC[C@H]2C(=O)N[C@H](CCCNC(=N)N)C(=O)NCC(N)=O)CSSCCC(=O)N[C@@H](Cc2ccc(O)cc2)C(=O)N[C@@H](Cc2ccccc2)C(=O)N[C@@H](CCC(N)=O)C(=O)N[C@@H](CC(N)=O)C(=O)N1)C(=O)NCC(N)=O. The number of rotatable bonds is 38. The number of benzene rings is 4. The molecule has 3 fully saturated rings. The lowest BCUT2D eigenvalue weighted by Crippen LogP contribution is -2.61. The zero-order valence-electron chi connectivity index (χ0n) is 80.7. The van der Waals surface area contributed by atoms with Gasteiger partial charge in [-0.1, -0.05) is 128 Å². The van der Waals surface area contributed by atoms with Crippen LogP contribution in [0.2, 0.25) is 0 Å². The van der Waals surface area contributed by atoms with E-state index >= 15 is 38.4 Å². The van der Waals surface area contributed by atoms with Crippen LogP contribution >= 0.6 is 43.2 Å². The number of phenols is 2. The number of nitrogens with two attached hydrogens (primary N) is 8. The average Bonchev–Trinajstić information content (AvgIpc) is 1.65. The Bertz CT molecular complexity index is 5060. The van der Waals surface area contributed by atoms with Crippen LogP contribution in [0.5, 0.6) is 11.5 Å². The quantitative estimate of drug-likeness (QED) is 0.00858. The minimum Gasteiger partial charge on any atom is -0.508 e. The third-order valence-electron chi connectivity index (χ3n) is 23.1. The molecule has 148 heavy (non-hydrogen) atoms. The van der Waals surface area contributed by atoms with Crippen LogP contribution in [0, 0.1) is 10.8 Å². The average molecular weight is 2140 g/mol. The molecule has 36 N–H and O–H groups in total. The molecule has 3 aliphatic heterocycles. The smallest absolute Gasteiger partial charge is 0.246 e. The summed E-state index contributed by atoms with van der Waals surface area (Å²) in [6.07, 6.45) is -6.70. The number of primary amides is 6. The van der Waals surface area contributed by atoms with Gasteiger partial charge in [-0.15, -0.1) is 0 Å². The second-order valence-corrected chi connectivity index (χ2v) is 40.0. The van der Waals surface area contributed by atoms with Crippen molar-refractivity contribution in [3.63, 3.8) is 0 Å². The minimum atomic E-state index is -2.06. The van der Waals surface area contributed by atoms with Crippen LogP contribution in [0.4, 0.5) is 0 Å². The molecule has 804 valence electrons. The fourth-order valence-electron chi connectivity index (χ4n) is 15.6. The number of amides is 22. The van der Waals surface area contributed by atoms with Gasteiger partial charge in [-0.05, 0) is 111 Å². The molecule has 0 unspecified atom stereocenters. The van der Waals surface area contributed by atoms with Crippen molar-refractivity contribution in [2.45, 2.75) is 213 Å². The maximum Gasteiger partial charge on any atom is 0.246 e. The fourth-order valence-corrected chi connectivity index (χ4v) is 19.9. The molecule has 4 aromatic rings. The normalized spacial score (nSPS) is 21.7. The van der Waals surface area contributed by atoms with Gasteiger partial charge in [-0.3, -0.25) is 116 Å². The highest BCUT2D eigenvalue weighted by Gasteiger charge is 2.44. The van der Waals surface area contributed by atoms with Crippen molar-refractivity contribution in [1.29, 1.82) is 10.8 Å².